The van der Waals surface area contributed by atoms with Crippen molar-refractivity contribution in [3.63, 3.8) is 0 Å². The third-order valence-electron chi connectivity index (χ3n) is 2.88. The lowest BCUT2D eigenvalue weighted by atomic mass is 10.3. The Morgan fingerprint density at radius 2 is 1.64 bits per heavy atom. The lowest BCUT2D eigenvalue weighted by molar-refractivity contribution is -0.890. The maximum Gasteiger partial charge on any atom is 0.359 e. The van der Waals surface area contributed by atoms with E-state index in [-0.39, 0.29) is 18.9 Å². The van der Waals surface area contributed by atoms with Crippen molar-refractivity contribution >= 4 is 22.1 Å². The first-order valence-corrected chi connectivity index (χ1v) is 9.27. The van der Waals surface area contributed by atoms with Gasteiger partial charge in [0.05, 0.1) is 47.5 Å². The second kappa shape index (κ2) is 11.2. The fourth-order valence-corrected chi connectivity index (χ4v) is 2.14. The fourth-order valence-electron chi connectivity index (χ4n) is 1.64. The van der Waals surface area contributed by atoms with E-state index in [0.717, 1.165) is 6.08 Å². The highest BCUT2D eigenvalue weighted by molar-refractivity contribution is 7.85. The van der Waals surface area contributed by atoms with Crippen LogP contribution in [0, 0.1) is 0 Å². The van der Waals surface area contributed by atoms with Crippen LogP contribution in [0.2, 0.25) is 0 Å². The number of hydrogen-bond acceptors (Lipinski definition) is 5. The first-order chi connectivity index (χ1) is 11.1. The zero-order valence-corrected chi connectivity index (χ0v) is 16.6. The lowest BCUT2D eigenvalue weighted by Crippen LogP contribution is -2.43. The van der Waals surface area contributed by atoms with E-state index in [4.69, 9.17) is 14.4 Å². The second-order valence-corrected chi connectivity index (χ2v) is 8.81. The molecule has 0 rings (SSSR count). The van der Waals surface area contributed by atoms with Gasteiger partial charge in [-0.2, -0.15) is 8.42 Å². The molecule has 0 saturated heterocycles. The van der Waals surface area contributed by atoms with Crippen molar-refractivity contribution in [2.24, 2.45) is 0 Å². The predicted molar refractivity (Wildman–Crippen MR) is 94.6 cm³/mol. The van der Waals surface area contributed by atoms with Crippen LogP contribution in [0.25, 0.3) is 0 Å². The van der Waals surface area contributed by atoms with E-state index in [2.05, 4.69) is 6.58 Å². The average Bonchev–Trinajstić information content (AvgIpc) is 2.33. The second-order valence-electron chi connectivity index (χ2n) is 7.24. The van der Waals surface area contributed by atoms with Gasteiger partial charge in [0.25, 0.3) is 10.1 Å². The van der Waals surface area contributed by atoms with Gasteiger partial charge in [-0.25, -0.2) is 9.59 Å². The van der Waals surface area contributed by atoms with Gasteiger partial charge in [-0.1, -0.05) is 6.58 Å². The van der Waals surface area contributed by atoms with Crippen LogP contribution in [0.1, 0.15) is 6.42 Å². The molecule has 25 heavy (non-hydrogen) atoms. The van der Waals surface area contributed by atoms with E-state index in [0.29, 0.717) is 28.5 Å². The Bertz CT molecular complexity index is 537. The van der Waals surface area contributed by atoms with Gasteiger partial charge >= 0.3 is 11.9 Å². The maximum absolute atomic E-state index is 10.8. The number of esters is 1. The molecular formula is C15H32N2O7S+2. The third kappa shape index (κ3) is 22.5. The van der Waals surface area contributed by atoms with Crippen molar-refractivity contribution in [1.29, 1.82) is 0 Å². The predicted octanol–water partition coefficient (Wildman–Crippen LogP) is -0.153. The van der Waals surface area contributed by atoms with Crippen molar-refractivity contribution < 1.29 is 41.4 Å². The molecular weight excluding hydrogens is 352 g/mol. The summed E-state index contributed by atoms with van der Waals surface area (Å²) in [5.41, 5.74) is 0. The summed E-state index contributed by atoms with van der Waals surface area (Å²) >= 11 is 0. The molecule has 0 atom stereocenters. The molecule has 0 spiro atoms. The van der Waals surface area contributed by atoms with Crippen LogP contribution in [0.5, 0.6) is 0 Å². The number of carbonyl (C=O) groups excluding carboxylic acids is 1. The molecule has 0 fully saturated rings. The molecule has 10 heteroatoms. The van der Waals surface area contributed by atoms with Gasteiger partial charge in [-0.05, 0) is 0 Å². The molecule has 0 aliphatic rings. The number of nitrogens with zero attached hydrogens (tertiary/aromatic N) is 2. The highest BCUT2D eigenvalue weighted by Gasteiger charge is 2.17. The minimum Gasteiger partial charge on any atom is -0.477 e. The van der Waals surface area contributed by atoms with E-state index >= 15 is 0 Å². The Kier molecular flexibility index (Phi) is 11.5. The molecule has 0 unspecified atom stereocenters. The normalized spacial score (nSPS) is 11.9. The fraction of sp³-hybridized carbons (Fsp3) is 0.733. The largest absolute Gasteiger partial charge is 0.477 e. The van der Waals surface area contributed by atoms with Crippen molar-refractivity contribution in [2.45, 2.75) is 6.42 Å². The summed E-state index contributed by atoms with van der Waals surface area (Å²) in [6.07, 6.45) is 1.46. The summed E-state index contributed by atoms with van der Waals surface area (Å²) in [5, 5.41) is 8.23. The zero-order valence-electron chi connectivity index (χ0n) is 15.8. The molecule has 2 N–H and O–H groups in total. The molecule has 0 bridgehead atoms. The summed E-state index contributed by atoms with van der Waals surface area (Å²) in [6.45, 7) is 4.86. The Balaban J connectivity index is 0. The third-order valence-corrected chi connectivity index (χ3v) is 3.69. The summed E-state index contributed by atoms with van der Waals surface area (Å²) in [7, 11) is 5.42. The van der Waals surface area contributed by atoms with Gasteiger partial charge in [-0.15, -0.1) is 0 Å². The van der Waals surface area contributed by atoms with Crippen LogP contribution in [-0.4, -0.2) is 106 Å². The number of aliphatic carboxylic acids is 1. The van der Waals surface area contributed by atoms with Crippen molar-refractivity contribution in [3.8, 4) is 0 Å². The Morgan fingerprint density at radius 1 is 1.12 bits per heavy atom. The van der Waals surface area contributed by atoms with E-state index in [1.165, 1.54) is 0 Å². The number of ether oxygens (including phenoxy) is 1. The molecule has 0 radical (unpaired) electrons. The number of hydrogen-bond donors (Lipinski definition) is 2. The smallest absolute Gasteiger partial charge is 0.359 e. The molecule has 0 saturated carbocycles. The van der Waals surface area contributed by atoms with Crippen LogP contribution in [0.4, 0.5) is 0 Å². The minimum absolute atomic E-state index is 0.181. The lowest BCUT2D eigenvalue weighted by Gasteiger charge is -2.29. The van der Waals surface area contributed by atoms with Crippen LogP contribution in [0.3, 0.4) is 0 Å². The molecule has 0 aromatic carbocycles. The van der Waals surface area contributed by atoms with Crippen LogP contribution in [-0.2, 0) is 24.4 Å². The van der Waals surface area contributed by atoms with Crippen molar-refractivity contribution in [2.75, 3.05) is 67.2 Å². The summed E-state index contributed by atoms with van der Waals surface area (Å²) < 4.78 is 35.5. The van der Waals surface area contributed by atoms with Gasteiger partial charge in [-0.3, -0.25) is 4.55 Å². The van der Waals surface area contributed by atoms with E-state index in [1.807, 2.05) is 35.2 Å². The summed E-state index contributed by atoms with van der Waals surface area (Å²) in [4.78, 5) is 20.8. The number of carbonyl (C=O) groups is 2. The zero-order chi connectivity index (χ0) is 20.3. The molecule has 0 heterocycles. The summed E-state index contributed by atoms with van der Waals surface area (Å²) in [5.74, 6) is -1.47. The first-order valence-electron chi connectivity index (χ1n) is 7.66. The van der Waals surface area contributed by atoms with Crippen LogP contribution >= 0.6 is 0 Å². The number of rotatable bonds is 10. The van der Waals surface area contributed by atoms with Gasteiger partial charge in [0.1, 0.15) is 13.2 Å². The van der Waals surface area contributed by atoms with Gasteiger partial charge in [0.15, 0.2) is 6.54 Å². The Hall–Kier alpha value is -1.49. The number of carboxylic acids is 1. The number of carboxylic acid groups (broad SMARTS) is 1. The standard InChI is InChI=1S/C10H19NO5S.C5H11NO2/c1-4-10(12)16-8-7-11(2,3)6-5-9-17(13,14)15;1-6(2,3)4-5(7)8/h4H,1,5-9H2,2-3H3;4H2,1-3H3/p+2. The van der Waals surface area contributed by atoms with Crippen LogP contribution < -0.4 is 0 Å². The molecule has 0 aromatic rings. The maximum atomic E-state index is 10.8. The number of likely N-dealkylation sites (N-methyl/N-ethyl adjacent to an activating group) is 2. The molecule has 0 aromatic heterocycles. The SMILES string of the molecule is C=CC(=O)OCC[N+](C)(C)CCCS(=O)(=O)O.C[N+](C)(C)CC(=O)O. The minimum atomic E-state index is -3.89. The van der Waals surface area contributed by atoms with Gasteiger partial charge in [0.2, 0.25) is 0 Å². The molecule has 0 aliphatic heterocycles. The van der Waals surface area contributed by atoms with E-state index in [1.54, 1.807) is 0 Å². The van der Waals surface area contributed by atoms with E-state index < -0.39 is 22.1 Å². The molecule has 148 valence electrons. The average molecular weight is 384 g/mol. The van der Waals surface area contributed by atoms with Crippen molar-refractivity contribution in [3.05, 3.63) is 12.7 Å². The molecule has 9 nitrogen and oxygen atoms in total. The molecule has 0 amide bonds. The van der Waals surface area contributed by atoms with Gasteiger partial charge in [0, 0.05) is 12.5 Å². The first kappa shape index (κ1) is 25.7. The Morgan fingerprint density at radius 3 is 1.96 bits per heavy atom. The topological polar surface area (TPSA) is 118 Å². The Labute approximate surface area is 150 Å². The summed E-state index contributed by atoms with van der Waals surface area (Å²) in [6, 6.07) is 0. The number of quaternary nitrogens is 2. The monoisotopic (exact) mass is 384 g/mol. The molecule has 0 aliphatic carbocycles. The quantitative estimate of drug-likeness (QED) is 0.233. The van der Waals surface area contributed by atoms with Crippen molar-refractivity contribution in [1.82, 2.24) is 0 Å². The van der Waals surface area contributed by atoms with E-state index in [9.17, 15) is 18.0 Å². The van der Waals surface area contributed by atoms with Crippen LogP contribution in [0.15, 0.2) is 12.7 Å². The highest BCUT2D eigenvalue weighted by atomic mass is 32.2. The van der Waals surface area contributed by atoms with Gasteiger partial charge < -0.3 is 18.8 Å². The highest BCUT2D eigenvalue weighted by Crippen LogP contribution is 2.01.